The molecule has 1 aromatic heterocycles. The van der Waals surface area contributed by atoms with E-state index in [0.29, 0.717) is 49.4 Å². The molecule has 39 heavy (non-hydrogen) atoms. The summed E-state index contributed by atoms with van der Waals surface area (Å²) in [7, 11) is 0. The minimum atomic E-state index is -4.48. The van der Waals surface area contributed by atoms with Crippen LogP contribution in [-0.2, 0) is 15.7 Å². The number of hydrogen-bond donors (Lipinski definition) is 2. The van der Waals surface area contributed by atoms with Gasteiger partial charge in [-0.25, -0.2) is 9.97 Å². The van der Waals surface area contributed by atoms with Crippen LogP contribution in [0.5, 0.6) is 0 Å². The van der Waals surface area contributed by atoms with Crippen molar-refractivity contribution in [1.82, 2.24) is 14.9 Å². The van der Waals surface area contributed by atoms with Crippen molar-refractivity contribution in [3.63, 3.8) is 0 Å². The third-order valence-electron chi connectivity index (χ3n) is 7.86. The SMILES string of the molecule is Cc1nc(N[C@H](C)c2cc(N)cc(C(F)(F)F)c2)c2cc([C@H]3CC[C@H](C(=O)N4CCOCC4)CC3)ccc2n1. The van der Waals surface area contributed by atoms with Gasteiger partial charge in [0.1, 0.15) is 11.6 Å². The number of anilines is 2. The predicted octanol–water partition coefficient (Wildman–Crippen LogP) is 5.84. The number of hydrogen-bond acceptors (Lipinski definition) is 6. The zero-order valence-electron chi connectivity index (χ0n) is 22.2. The summed E-state index contributed by atoms with van der Waals surface area (Å²) in [6, 6.07) is 9.27. The number of halogens is 3. The fraction of sp³-hybridized carbons (Fsp3) is 0.483. The van der Waals surface area contributed by atoms with Gasteiger partial charge in [-0.2, -0.15) is 13.2 Å². The molecule has 2 aromatic carbocycles. The molecule has 0 spiro atoms. The quantitative estimate of drug-likeness (QED) is 0.394. The van der Waals surface area contributed by atoms with Crippen molar-refractivity contribution < 1.29 is 22.7 Å². The van der Waals surface area contributed by atoms with Crippen LogP contribution in [0.4, 0.5) is 24.7 Å². The van der Waals surface area contributed by atoms with E-state index < -0.39 is 17.8 Å². The standard InChI is InChI=1S/C29H34F3N5O2/c1-17(22-13-23(29(30,31)32)16-24(33)14-22)34-27-25-15-21(7-8-26(25)35-18(2)36-27)19-3-5-20(6-4-19)28(38)37-9-11-39-12-10-37/h7-8,13-17,19-20H,3-6,9-12,33H2,1-2H3,(H,34,35,36)/t17-,19-,20-/m1/s1. The summed E-state index contributed by atoms with van der Waals surface area (Å²) in [6.07, 6.45) is -0.948. The van der Waals surface area contributed by atoms with Crippen molar-refractivity contribution >= 4 is 28.3 Å². The number of aryl methyl sites for hydroxylation is 1. The van der Waals surface area contributed by atoms with Gasteiger partial charge in [0.05, 0.1) is 30.3 Å². The lowest BCUT2D eigenvalue weighted by Gasteiger charge is -2.34. The molecule has 0 radical (unpaired) electrons. The number of carbonyl (C=O) groups excluding carboxylic acids is 1. The molecule has 1 amide bonds. The maximum Gasteiger partial charge on any atom is 0.416 e. The average Bonchev–Trinajstić information content (AvgIpc) is 2.92. The van der Waals surface area contributed by atoms with E-state index in [1.54, 1.807) is 19.9 Å². The van der Waals surface area contributed by atoms with Gasteiger partial charge in [0.2, 0.25) is 5.91 Å². The second-order valence-electron chi connectivity index (χ2n) is 10.6. The van der Waals surface area contributed by atoms with Gasteiger partial charge >= 0.3 is 6.18 Å². The molecule has 1 aliphatic carbocycles. The van der Waals surface area contributed by atoms with E-state index in [1.807, 2.05) is 11.0 Å². The lowest BCUT2D eigenvalue weighted by atomic mass is 9.78. The minimum Gasteiger partial charge on any atom is -0.399 e. The summed E-state index contributed by atoms with van der Waals surface area (Å²) < 4.78 is 45.5. The number of fused-ring (bicyclic) bond motifs is 1. The van der Waals surface area contributed by atoms with Gasteiger partial charge in [-0.3, -0.25) is 4.79 Å². The first-order chi connectivity index (χ1) is 18.6. The second kappa shape index (κ2) is 11.0. The van der Waals surface area contributed by atoms with Crippen molar-refractivity contribution in [1.29, 1.82) is 0 Å². The van der Waals surface area contributed by atoms with E-state index in [9.17, 15) is 18.0 Å². The molecule has 7 nitrogen and oxygen atoms in total. The van der Waals surface area contributed by atoms with Crippen LogP contribution in [0.15, 0.2) is 36.4 Å². The molecule has 1 saturated carbocycles. The van der Waals surface area contributed by atoms with Gasteiger partial charge in [0, 0.05) is 30.1 Å². The number of rotatable bonds is 5. The Morgan fingerprint density at radius 1 is 1.08 bits per heavy atom. The third-order valence-corrected chi connectivity index (χ3v) is 7.86. The van der Waals surface area contributed by atoms with Gasteiger partial charge in [-0.15, -0.1) is 0 Å². The number of aromatic nitrogens is 2. The van der Waals surface area contributed by atoms with Crippen molar-refractivity contribution in [2.24, 2.45) is 5.92 Å². The summed E-state index contributed by atoms with van der Waals surface area (Å²) in [5, 5.41) is 4.12. The monoisotopic (exact) mass is 541 g/mol. The number of alkyl halides is 3. The third kappa shape index (κ3) is 6.11. The fourth-order valence-electron chi connectivity index (χ4n) is 5.72. The van der Waals surface area contributed by atoms with E-state index in [-0.39, 0.29) is 17.5 Å². The van der Waals surface area contributed by atoms with Crippen LogP contribution in [-0.4, -0.2) is 47.1 Å². The Labute approximate surface area is 225 Å². The summed E-state index contributed by atoms with van der Waals surface area (Å²) in [4.78, 5) is 24.0. The van der Waals surface area contributed by atoms with Crippen LogP contribution in [0.2, 0.25) is 0 Å². The number of carbonyl (C=O) groups is 1. The number of nitrogen functional groups attached to an aromatic ring is 1. The number of nitrogens with one attached hydrogen (secondary N) is 1. The number of benzene rings is 2. The molecular weight excluding hydrogens is 507 g/mol. The van der Waals surface area contributed by atoms with Crippen molar-refractivity contribution in [3.05, 3.63) is 58.9 Å². The number of morpholine rings is 1. The molecule has 2 fully saturated rings. The molecule has 1 saturated heterocycles. The fourth-order valence-corrected chi connectivity index (χ4v) is 5.72. The maximum atomic E-state index is 13.4. The lowest BCUT2D eigenvalue weighted by molar-refractivity contribution is -0.140. The van der Waals surface area contributed by atoms with Crippen LogP contribution in [0.25, 0.3) is 10.9 Å². The Morgan fingerprint density at radius 3 is 2.49 bits per heavy atom. The summed E-state index contributed by atoms with van der Waals surface area (Å²) in [6.45, 7) is 6.13. The van der Waals surface area contributed by atoms with Crippen LogP contribution in [0, 0.1) is 12.8 Å². The molecule has 5 rings (SSSR count). The van der Waals surface area contributed by atoms with Crippen molar-refractivity contribution in [2.45, 2.75) is 57.7 Å². The maximum absolute atomic E-state index is 13.4. The van der Waals surface area contributed by atoms with Crippen LogP contribution >= 0.6 is 0 Å². The summed E-state index contributed by atoms with van der Waals surface area (Å²) in [5.41, 5.74) is 7.42. The molecule has 1 atom stereocenters. The molecule has 2 aliphatic rings. The summed E-state index contributed by atoms with van der Waals surface area (Å²) in [5.74, 6) is 1.76. The molecule has 208 valence electrons. The Kier molecular flexibility index (Phi) is 7.66. The normalized spacial score (nSPS) is 21.1. The predicted molar refractivity (Wildman–Crippen MR) is 144 cm³/mol. The smallest absolute Gasteiger partial charge is 0.399 e. The van der Waals surface area contributed by atoms with Crippen molar-refractivity contribution in [2.75, 3.05) is 37.4 Å². The van der Waals surface area contributed by atoms with Gasteiger partial charge in [0.15, 0.2) is 0 Å². The number of amides is 1. The van der Waals surface area contributed by atoms with E-state index in [1.165, 1.54) is 0 Å². The van der Waals surface area contributed by atoms with E-state index >= 15 is 0 Å². The highest BCUT2D eigenvalue weighted by Gasteiger charge is 2.32. The second-order valence-corrected chi connectivity index (χ2v) is 10.6. The van der Waals surface area contributed by atoms with Gasteiger partial charge in [-0.1, -0.05) is 6.07 Å². The van der Waals surface area contributed by atoms with Crippen LogP contribution < -0.4 is 11.1 Å². The highest BCUT2D eigenvalue weighted by Crippen LogP contribution is 2.39. The zero-order valence-corrected chi connectivity index (χ0v) is 22.2. The Balaban J connectivity index is 1.35. The van der Waals surface area contributed by atoms with Gasteiger partial charge in [0.25, 0.3) is 0 Å². The largest absolute Gasteiger partial charge is 0.416 e. The van der Waals surface area contributed by atoms with Gasteiger partial charge in [-0.05, 0) is 86.9 Å². The topological polar surface area (TPSA) is 93.4 Å². The molecule has 0 unspecified atom stereocenters. The summed E-state index contributed by atoms with van der Waals surface area (Å²) >= 11 is 0. The Morgan fingerprint density at radius 2 is 1.79 bits per heavy atom. The lowest BCUT2D eigenvalue weighted by Crippen LogP contribution is -2.44. The van der Waals surface area contributed by atoms with Crippen LogP contribution in [0.3, 0.4) is 0 Å². The molecule has 3 aromatic rings. The number of ether oxygens (including phenoxy) is 1. The average molecular weight is 542 g/mol. The minimum absolute atomic E-state index is 0.0576. The molecule has 1 aliphatic heterocycles. The van der Waals surface area contributed by atoms with E-state index in [4.69, 9.17) is 10.5 Å². The van der Waals surface area contributed by atoms with E-state index in [2.05, 4.69) is 27.4 Å². The first-order valence-corrected chi connectivity index (χ1v) is 13.5. The highest BCUT2D eigenvalue weighted by atomic mass is 19.4. The molecule has 0 bridgehead atoms. The zero-order chi connectivity index (χ0) is 27.7. The first-order valence-electron chi connectivity index (χ1n) is 13.5. The Hall–Kier alpha value is -3.40. The molecule has 10 heteroatoms. The number of nitrogens with zero attached hydrogens (tertiary/aromatic N) is 3. The molecule has 3 N–H and O–H groups in total. The van der Waals surface area contributed by atoms with Crippen molar-refractivity contribution in [3.8, 4) is 0 Å². The van der Waals surface area contributed by atoms with Gasteiger partial charge < -0.3 is 20.7 Å². The Bertz CT molecular complexity index is 1350. The highest BCUT2D eigenvalue weighted by molar-refractivity contribution is 5.90. The molecule has 2 heterocycles. The molecular formula is C29H34F3N5O2. The van der Waals surface area contributed by atoms with Crippen LogP contribution in [0.1, 0.15) is 67.1 Å². The first kappa shape index (κ1) is 27.2. The van der Waals surface area contributed by atoms with E-state index in [0.717, 1.165) is 54.3 Å². The number of nitrogens with two attached hydrogens (primary N) is 1.